The van der Waals surface area contributed by atoms with Gasteiger partial charge in [0.05, 0.1) is 0 Å². The monoisotopic (exact) mass is 358 g/mol. The summed E-state index contributed by atoms with van der Waals surface area (Å²) >= 11 is 0. The number of aromatic nitrogens is 2. The minimum Gasteiger partial charge on any atom is -0.393 e. The first-order chi connectivity index (χ1) is 12.5. The van der Waals surface area contributed by atoms with Crippen molar-refractivity contribution in [2.24, 2.45) is 5.92 Å². The highest BCUT2D eigenvalue weighted by atomic mass is 19.1. The number of piperazine rings is 1. The predicted octanol–water partition coefficient (Wildman–Crippen LogP) is 2.98. The first-order valence-electron chi connectivity index (χ1n) is 9.14. The second-order valence-corrected chi connectivity index (χ2v) is 7.02. The zero-order valence-corrected chi connectivity index (χ0v) is 15.5. The third-order valence-corrected chi connectivity index (χ3v) is 4.65. The van der Waals surface area contributed by atoms with Crippen LogP contribution in [0.3, 0.4) is 0 Å². The maximum absolute atomic E-state index is 13.1. The van der Waals surface area contributed by atoms with E-state index in [2.05, 4.69) is 38.9 Å². The first kappa shape index (κ1) is 18.2. The molecule has 0 aliphatic carbocycles. The molecule has 3 rings (SSSR count). The number of benzene rings is 1. The van der Waals surface area contributed by atoms with Crippen LogP contribution in [0.2, 0.25) is 0 Å². The van der Waals surface area contributed by atoms with E-state index in [1.807, 2.05) is 12.1 Å². The van der Waals surface area contributed by atoms with Crippen LogP contribution >= 0.6 is 0 Å². The summed E-state index contributed by atoms with van der Waals surface area (Å²) in [6.45, 7) is 8.52. The summed E-state index contributed by atoms with van der Waals surface area (Å²) in [5.41, 5.74) is 7.95. The fraction of sp³-hybridized carbons (Fsp3) is 0.474. The van der Waals surface area contributed by atoms with E-state index in [0.29, 0.717) is 17.4 Å². The number of rotatable bonds is 6. The smallest absolute Gasteiger partial charge is 0.157 e. The number of nitrogen functional groups attached to an aromatic ring is 1. The standard InChI is InChI=1S/C19H27FN6/c1-14(2)7-8-22-18-17(21)19(24-13-23-18)26-11-9-25(10-12-26)16-5-3-15(20)4-6-16/h3-6,13-14H,7-12,21H2,1-2H3,(H,22,23,24). The van der Waals surface area contributed by atoms with Crippen LogP contribution in [0.1, 0.15) is 20.3 Å². The topological polar surface area (TPSA) is 70.3 Å². The van der Waals surface area contributed by atoms with Crippen molar-refractivity contribution in [1.29, 1.82) is 0 Å². The minimum absolute atomic E-state index is 0.210. The number of nitrogens with two attached hydrogens (primary N) is 1. The van der Waals surface area contributed by atoms with Gasteiger partial charge in [0.1, 0.15) is 17.8 Å². The molecule has 140 valence electrons. The zero-order valence-electron chi connectivity index (χ0n) is 15.5. The zero-order chi connectivity index (χ0) is 18.5. The van der Waals surface area contributed by atoms with Crippen LogP contribution in [0, 0.1) is 11.7 Å². The number of nitrogens with zero attached hydrogens (tertiary/aromatic N) is 4. The van der Waals surface area contributed by atoms with Gasteiger partial charge >= 0.3 is 0 Å². The maximum Gasteiger partial charge on any atom is 0.157 e. The summed E-state index contributed by atoms with van der Waals surface area (Å²) in [4.78, 5) is 13.1. The Kier molecular flexibility index (Phi) is 5.75. The van der Waals surface area contributed by atoms with Crippen LogP contribution in [-0.2, 0) is 0 Å². The van der Waals surface area contributed by atoms with Gasteiger partial charge in [0.2, 0.25) is 0 Å². The molecule has 1 aliphatic heterocycles. The van der Waals surface area contributed by atoms with Gasteiger partial charge in [-0.05, 0) is 36.6 Å². The highest BCUT2D eigenvalue weighted by molar-refractivity contribution is 5.75. The van der Waals surface area contributed by atoms with Crippen molar-refractivity contribution in [2.75, 3.05) is 53.6 Å². The van der Waals surface area contributed by atoms with Gasteiger partial charge in [0.25, 0.3) is 0 Å². The fourth-order valence-corrected chi connectivity index (χ4v) is 3.09. The minimum atomic E-state index is -0.210. The van der Waals surface area contributed by atoms with Gasteiger partial charge in [-0.2, -0.15) is 0 Å². The molecule has 0 amide bonds. The van der Waals surface area contributed by atoms with E-state index in [0.717, 1.165) is 50.6 Å². The van der Waals surface area contributed by atoms with Crippen molar-refractivity contribution in [3.63, 3.8) is 0 Å². The molecule has 3 N–H and O–H groups in total. The van der Waals surface area contributed by atoms with E-state index in [-0.39, 0.29) is 5.82 Å². The average Bonchev–Trinajstić information content (AvgIpc) is 2.64. The summed E-state index contributed by atoms with van der Waals surface area (Å²) in [5, 5.41) is 3.31. The van der Waals surface area contributed by atoms with E-state index >= 15 is 0 Å². The molecule has 1 saturated heterocycles. The lowest BCUT2D eigenvalue weighted by Gasteiger charge is -2.37. The number of hydrogen-bond donors (Lipinski definition) is 2. The Labute approximate surface area is 154 Å². The SMILES string of the molecule is CC(C)CCNc1ncnc(N2CCN(c3ccc(F)cc3)CC2)c1N. The molecule has 1 aromatic heterocycles. The average molecular weight is 358 g/mol. The number of nitrogens with one attached hydrogen (secondary N) is 1. The quantitative estimate of drug-likeness (QED) is 0.827. The Bertz CT molecular complexity index is 710. The largest absolute Gasteiger partial charge is 0.393 e. The first-order valence-corrected chi connectivity index (χ1v) is 9.14. The van der Waals surface area contributed by atoms with E-state index in [4.69, 9.17) is 5.73 Å². The molecule has 7 heteroatoms. The molecule has 1 fully saturated rings. The maximum atomic E-state index is 13.1. The molecule has 1 aliphatic rings. The molecule has 1 aromatic carbocycles. The lowest BCUT2D eigenvalue weighted by molar-refractivity contribution is 0.606. The Hall–Kier alpha value is -2.57. The van der Waals surface area contributed by atoms with Gasteiger partial charge in [0.15, 0.2) is 11.6 Å². The summed E-state index contributed by atoms with van der Waals surface area (Å²) < 4.78 is 13.1. The molecule has 0 unspecified atom stereocenters. The van der Waals surface area contributed by atoms with Crippen LogP contribution in [-0.4, -0.2) is 42.7 Å². The summed E-state index contributed by atoms with van der Waals surface area (Å²) in [7, 11) is 0. The molecule has 0 bridgehead atoms. The number of halogens is 1. The number of hydrogen-bond acceptors (Lipinski definition) is 6. The van der Waals surface area contributed by atoms with Crippen molar-refractivity contribution in [3.05, 3.63) is 36.4 Å². The van der Waals surface area contributed by atoms with E-state index in [9.17, 15) is 4.39 Å². The third-order valence-electron chi connectivity index (χ3n) is 4.65. The van der Waals surface area contributed by atoms with Crippen molar-refractivity contribution in [2.45, 2.75) is 20.3 Å². The van der Waals surface area contributed by atoms with Crippen molar-refractivity contribution in [3.8, 4) is 0 Å². The second-order valence-electron chi connectivity index (χ2n) is 7.02. The molecule has 0 saturated carbocycles. The Morgan fingerprint density at radius 1 is 1.08 bits per heavy atom. The lowest BCUT2D eigenvalue weighted by atomic mass is 10.1. The molecule has 26 heavy (non-hydrogen) atoms. The molecule has 0 atom stereocenters. The molecule has 6 nitrogen and oxygen atoms in total. The van der Waals surface area contributed by atoms with E-state index < -0.39 is 0 Å². The predicted molar refractivity (Wildman–Crippen MR) is 105 cm³/mol. The fourth-order valence-electron chi connectivity index (χ4n) is 3.09. The van der Waals surface area contributed by atoms with Crippen molar-refractivity contribution in [1.82, 2.24) is 9.97 Å². The van der Waals surface area contributed by atoms with Gasteiger partial charge in [0, 0.05) is 38.4 Å². The molecule has 2 heterocycles. The summed E-state index contributed by atoms with van der Waals surface area (Å²) in [6, 6.07) is 6.64. The Morgan fingerprint density at radius 2 is 1.73 bits per heavy atom. The van der Waals surface area contributed by atoms with Gasteiger partial charge in [-0.25, -0.2) is 14.4 Å². The summed E-state index contributed by atoms with van der Waals surface area (Å²) in [6.07, 6.45) is 2.63. The molecular formula is C19H27FN6. The summed E-state index contributed by atoms with van der Waals surface area (Å²) in [5.74, 6) is 1.91. The second kappa shape index (κ2) is 8.21. The van der Waals surface area contributed by atoms with Gasteiger partial charge in [-0.1, -0.05) is 13.8 Å². The van der Waals surface area contributed by atoms with Crippen molar-refractivity contribution >= 4 is 23.0 Å². The Balaban J connectivity index is 1.63. The molecule has 0 radical (unpaired) electrons. The molecular weight excluding hydrogens is 331 g/mol. The van der Waals surface area contributed by atoms with Gasteiger partial charge < -0.3 is 20.9 Å². The lowest BCUT2D eigenvalue weighted by Crippen LogP contribution is -2.47. The highest BCUT2D eigenvalue weighted by Crippen LogP contribution is 2.28. The van der Waals surface area contributed by atoms with Crippen molar-refractivity contribution < 1.29 is 4.39 Å². The van der Waals surface area contributed by atoms with Crippen LogP contribution in [0.5, 0.6) is 0 Å². The Morgan fingerprint density at radius 3 is 2.38 bits per heavy atom. The van der Waals surface area contributed by atoms with Crippen LogP contribution < -0.4 is 20.9 Å². The van der Waals surface area contributed by atoms with Crippen LogP contribution in [0.4, 0.5) is 27.4 Å². The van der Waals surface area contributed by atoms with Gasteiger partial charge in [-0.15, -0.1) is 0 Å². The van der Waals surface area contributed by atoms with Gasteiger partial charge in [-0.3, -0.25) is 0 Å². The van der Waals surface area contributed by atoms with E-state index in [1.165, 1.54) is 12.1 Å². The highest BCUT2D eigenvalue weighted by Gasteiger charge is 2.21. The number of anilines is 4. The van der Waals surface area contributed by atoms with E-state index in [1.54, 1.807) is 6.33 Å². The molecule has 0 spiro atoms. The van der Waals surface area contributed by atoms with Crippen LogP contribution in [0.15, 0.2) is 30.6 Å². The third kappa shape index (κ3) is 4.33. The van der Waals surface area contributed by atoms with Crippen LogP contribution in [0.25, 0.3) is 0 Å². The normalized spacial score (nSPS) is 14.8. The molecule has 2 aromatic rings.